The minimum atomic E-state index is -1.09. The predicted molar refractivity (Wildman–Crippen MR) is 59.2 cm³/mol. The number of methoxy groups -OCH3 is 1. The number of rotatable bonds is 3. The van der Waals surface area contributed by atoms with Gasteiger partial charge in [-0.1, -0.05) is 6.07 Å². The van der Waals surface area contributed by atoms with E-state index in [0.29, 0.717) is 11.3 Å². The maximum atomic E-state index is 10.7. The highest BCUT2D eigenvalue weighted by Crippen LogP contribution is 2.36. The Morgan fingerprint density at radius 3 is 2.82 bits per heavy atom. The second-order valence-electron chi connectivity index (χ2n) is 3.33. The quantitative estimate of drug-likeness (QED) is 0.747. The van der Waals surface area contributed by atoms with Crippen LogP contribution in [0.5, 0.6) is 11.5 Å². The molecule has 0 amide bonds. The number of carbonyl (C=O) groups is 1. The summed E-state index contributed by atoms with van der Waals surface area (Å²) < 4.78 is 5.05. The maximum absolute atomic E-state index is 10.7. The summed E-state index contributed by atoms with van der Waals surface area (Å²) >= 11 is 0. The Morgan fingerprint density at radius 1 is 1.47 bits per heavy atom. The van der Waals surface area contributed by atoms with Gasteiger partial charge in [-0.05, 0) is 18.2 Å². The van der Waals surface area contributed by atoms with Crippen LogP contribution in [0.1, 0.15) is 10.5 Å². The van der Waals surface area contributed by atoms with E-state index in [2.05, 4.69) is 10.2 Å². The Morgan fingerprint density at radius 2 is 2.24 bits per heavy atom. The molecule has 0 atom stereocenters. The van der Waals surface area contributed by atoms with Crippen LogP contribution in [0.4, 0.5) is 0 Å². The highest BCUT2D eigenvalue weighted by atomic mass is 16.5. The molecular formula is C11H10N2O4. The van der Waals surface area contributed by atoms with E-state index in [1.807, 2.05) is 0 Å². The van der Waals surface area contributed by atoms with Crippen LogP contribution in [0.15, 0.2) is 24.3 Å². The molecule has 6 nitrogen and oxygen atoms in total. The fourth-order valence-electron chi connectivity index (χ4n) is 1.51. The van der Waals surface area contributed by atoms with Crippen molar-refractivity contribution in [3.05, 3.63) is 30.0 Å². The van der Waals surface area contributed by atoms with Crippen molar-refractivity contribution in [2.45, 2.75) is 0 Å². The van der Waals surface area contributed by atoms with Gasteiger partial charge in [-0.25, -0.2) is 4.79 Å². The second-order valence-corrected chi connectivity index (χ2v) is 3.33. The van der Waals surface area contributed by atoms with Crippen LogP contribution in [0.25, 0.3) is 11.3 Å². The van der Waals surface area contributed by atoms with Crippen molar-refractivity contribution >= 4 is 5.97 Å². The smallest absolute Gasteiger partial charge is 0.353 e. The Labute approximate surface area is 96.5 Å². The van der Waals surface area contributed by atoms with Gasteiger partial charge in [-0.15, -0.1) is 0 Å². The van der Waals surface area contributed by atoms with Gasteiger partial charge in [-0.3, -0.25) is 5.10 Å². The van der Waals surface area contributed by atoms with E-state index in [9.17, 15) is 9.90 Å². The number of aromatic hydroxyl groups is 1. The molecule has 0 aliphatic rings. The van der Waals surface area contributed by atoms with Crippen molar-refractivity contribution in [2.75, 3.05) is 7.11 Å². The number of nitrogens with one attached hydrogen (secondary N) is 1. The number of ether oxygens (including phenoxy) is 1. The molecule has 0 fully saturated rings. The van der Waals surface area contributed by atoms with E-state index in [4.69, 9.17) is 9.84 Å². The summed E-state index contributed by atoms with van der Waals surface area (Å²) in [5.74, 6) is -0.858. The first-order valence-corrected chi connectivity index (χ1v) is 4.78. The first-order chi connectivity index (χ1) is 8.13. The zero-order valence-electron chi connectivity index (χ0n) is 8.97. The molecule has 3 N–H and O–H groups in total. The molecule has 1 aromatic carbocycles. The third-order valence-corrected chi connectivity index (χ3v) is 2.28. The highest BCUT2D eigenvalue weighted by molar-refractivity contribution is 5.87. The molecule has 1 aromatic heterocycles. The van der Waals surface area contributed by atoms with Gasteiger partial charge in [-0.2, -0.15) is 5.10 Å². The summed E-state index contributed by atoms with van der Waals surface area (Å²) in [6.07, 6.45) is 0. The summed E-state index contributed by atoms with van der Waals surface area (Å²) in [7, 11) is 1.42. The maximum Gasteiger partial charge on any atom is 0.353 e. The van der Waals surface area contributed by atoms with Crippen LogP contribution in [0, 0.1) is 0 Å². The molecule has 88 valence electrons. The van der Waals surface area contributed by atoms with Crippen molar-refractivity contribution in [2.24, 2.45) is 0 Å². The van der Waals surface area contributed by atoms with Gasteiger partial charge < -0.3 is 14.9 Å². The van der Waals surface area contributed by atoms with Gasteiger partial charge in [0.05, 0.1) is 12.8 Å². The largest absolute Gasteiger partial charge is 0.504 e. The number of nitrogens with zero attached hydrogens (tertiary/aromatic N) is 1. The van der Waals surface area contributed by atoms with Crippen LogP contribution in [0.3, 0.4) is 0 Å². The molecule has 0 aliphatic heterocycles. The Hall–Kier alpha value is -2.50. The first kappa shape index (κ1) is 11.0. The molecule has 0 radical (unpaired) electrons. The molecule has 0 spiro atoms. The summed E-state index contributed by atoms with van der Waals surface area (Å²) in [6.45, 7) is 0. The van der Waals surface area contributed by atoms with Crippen molar-refractivity contribution in [3.63, 3.8) is 0 Å². The van der Waals surface area contributed by atoms with Crippen LogP contribution < -0.4 is 4.74 Å². The molecule has 0 saturated heterocycles. The molecule has 0 saturated carbocycles. The van der Waals surface area contributed by atoms with Gasteiger partial charge in [0.15, 0.2) is 11.5 Å². The molecule has 0 unspecified atom stereocenters. The van der Waals surface area contributed by atoms with Gasteiger partial charge in [0.2, 0.25) is 0 Å². The van der Waals surface area contributed by atoms with Gasteiger partial charge in [0, 0.05) is 5.56 Å². The molecule has 2 rings (SSSR count). The fourth-order valence-corrected chi connectivity index (χ4v) is 1.51. The average Bonchev–Trinajstić information content (AvgIpc) is 2.77. The average molecular weight is 234 g/mol. The van der Waals surface area contributed by atoms with Crippen molar-refractivity contribution in [1.29, 1.82) is 0 Å². The molecule has 6 heteroatoms. The summed E-state index contributed by atoms with van der Waals surface area (Å²) in [6, 6.07) is 6.16. The van der Waals surface area contributed by atoms with E-state index in [-0.39, 0.29) is 17.2 Å². The number of carboxylic acid groups (broad SMARTS) is 1. The van der Waals surface area contributed by atoms with Crippen molar-refractivity contribution < 1.29 is 19.7 Å². The lowest BCUT2D eigenvalue weighted by Crippen LogP contribution is -1.95. The normalized spacial score (nSPS) is 10.2. The van der Waals surface area contributed by atoms with Crippen LogP contribution in [-0.2, 0) is 0 Å². The Bertz CT molecular complexity index is 562. The van der Waals surface area contributed by atoms with E-state index >= 15 is 0 Å². The number of para-hydroxylation sites is 1. The van der Waals surface area contributed by atoms with Gasteiger partial charge in [0.1, 0.15) is 5.69 Å². The first-order valence-electron chi connectivity index (χ1n) is 4.78. The second kappa shape index (κ2) is 4.17. The van der Waals surface area contributed by atoms with Crippen LogP contribution in [0.2, 0.25) is 0 Å². The third-order valence-electron chi connectivity index (χ3n) is 2.28. The zero-order valence-corrected chi connectivity index (χ0v) is 8.97. The number of phenols is 1. The molecule has 0 bridgehead atoms. The predicted octanol–water partition coefficient (Wildman–Crippen LogP) is 1.49. The number of H-pyrrole nitrogens is 1. The SMILES string of the molecule is COc1c(O)cccc1-c1cc(C(=O)O)[nH]n1. The van der Waals surface area contributed by atoms with E-state index < -0.39 is 5.97 Å². The highest BCUT2D eigenvalue weighted by Gasteiger charge is 2.14. The minimum absolute atomic E-state index is 0.0228. The van der Waals surface area contributed by atoms with Crippen molar-refractivity contribution in [1.82, 2.24) is 10.2 Å². The third kappa shape index (κ3) is 1.92. The van der Waals surface area contributed by atoms with Crippen LogP contribution >= 0.6 is 0 Å². The van der Waals surface area contributed by atoms with E-state index in [1.54, 1.807) is 12.1 Å². The zero-order chi connectivity index (χ0) is 12.4. The number of benzene rings is 1. The summed E-state index contributed by atoms with van der Waals surface area (Å²) in [5.41, 5.74) is 0.900. The topological polar surface area (TPSA) is 95.4 Å². The number of phenolic OH excluding ortho intramolecular Hbond substituents is 1. The molecule has 0 aliphatic carbocycles. The number of aromatic amines is 1. The Balaban J connectivity index is 2.52. The van der Waals surface area contributed by atoms with Crippen molar-refractivity contribution in [3.8, 4) is 22.8 Å². The van der Waals surface area contributed by atoms with Gasteiger partial charge >= 0.3 is 5.97 Å². The number of aromatic carboxylic acids is 1. The minimum Gasteiger partial charge on any atom is -0.504 e. The molecule has 17 heavy (non-hydrogen) atoms. The molecular weight excluding hydrogens is 224 g/mol. The molecule has 2 aromatic rings. The molecule has 1 heterocycles. The lowest BCUT2D eigenvalue weighted by molar-refractivity contribution is 0.0690. The lowest BCUT2D eigenvalue weighted by atomic mass is 10.1. The number of carboxylic acids is 1. The number of hydrogen-bond donors (Lipinski definition) is 3. The monoisotopic (exact) mass is 234 g/mol. The standard InChI is InChI=1S/C11H10N2O4/c1-17-10-6(3-2-4-9(10)14)7-5-8(11(15)16)13-12-7/h2-5,14H,1H3,(H,12,13)(H,15,16). The summed E-state index contributed by atoms with van der Waals surface area (Å²) in [5, 5.41) is 24.6. The fraction of sp³-hybridized carbons (Fsp3) is 0.0909. The summed E-state index contributed by atoms with van der Waals surface area (Å²) in [4.78, 5) is 10.7. The van der Waals surface area contributed by atoms with Crippen LogP contribution in [-0.4, -0.2) is 33.5 Å². The number of aromatic nitrogens is 2. The van der Waals surface area contributed by atoms with E-state index in [1.165, 1.54) is 19.2 Å². The Kier molecular flexibility index (Phi) is 2.70. The number of hydrogen-bond acceptors (Lipinski definition) is 4. The van der Waals surface area contributed by atoms with E-state index in [0.717, 1.165) is 0 Å². The lowest BCUT2D eigenvalue weighted by Gasteiger charge is -2.07. The van der Waals surface area contributed by atoms with Gasteiger partial charge in [0.25, 0.3) is 0 Å².